The third-order valence-electron chi connectivity index (χ3n) is 6.82. The summed E-state index contributed by atoms with van der Waals surface area (Å²) in [7, 11) is 0. The van der Waals surface area contributed by atoms with E-state index in [9.17, 15) is 27.9 Å². The van der Waals surface area contributed by atoms with Crippen molar-refractivity contribution in [2.45, 2.75) is 38.0 Å². The van der Waals surface area contributed by atoms with Crippen LogP contribution in [0.4, 0.5) is 29.7 Å². The molecular weight excluding hydrogens is 541 g/mol. The van der Waals surface area contributed by atoms with Crippen molar-refractivity contribution < 1.29 is 27.9 Å². The highest BCUT2D eigenvalue weighted by Crippen LogP contribution is 2.34. The number of nitrogens with one attached hydrogen (secondary N) is 2. The Morgan fingerprint density at radius 3 is 2.60 bits per heavy atom. The number of benzene rings is 2. The van der Waals surface area contributed by atoms with E-state index in [0.717, 1.165) is 43.2 Å². The van der Waals surface area contributed by atoms with Gasteiger partial charge in [-0.25, -0.2) is 4.98 Å². The molecule has 11 heteroatoms. The quantitative estimate of drug-likeness (QED) is 0.265. The summed E-state index contributed by atoms with van der Waals surface area (Å²) in [4.78, 5) is 31.5. The van der Waals surface area contributed by atoms with Crippen LogP contribution < -0.4 is 15.5 Å². The fourth-order valence-corrected chi connectivity index (χ4v) is 5.62. The number of thiazole rings is 1. The van der Waals surface area contributed by atoms with Crippen molar-refractivity contribution in [3.8, 4) is 0 Å². The van der Waals surface area contributed by atoms with Crippen molar-refractivity contribution in [3.63, 3.8) is 0 Å². The number of hydrogen-bond donors (Lipinski definition) is 3. The number of anilines is 3. The number of rotatable bonds is 6. The standard InChI is InChI=1S/C29H27F3N4O3S/c30-29(31,32)19-12-10-18(11-13-19)20(24-17-40-28(35-24)36-14-2-1-3-15-36)6-4-9-26(38)33-22-7-5-8-23-21(22)16-25(37)27(39)34-23/h4-13,17,25,37H,1-3,14-16H2,(H,33,38)(H,34,39). The Kier molecular flexibility index (Phi) is 8.04. The molecule has 7 nitrogen and oxygen atoms in total. The molecule has 2 amide bonds. The lowest BCUT2D eigenvalue weighted by Gasteiger charge is -2.25. The summed E-state index contributed by atoms with van der Waals surface area (Å²) in [5.74, 6) is -0.947. The van der Waals surface area contributed by atoms with Crippen LogP contribution in [0, 0.1) is 0 Å². The number of aliphatic hydroxyl groups is 1. The number of amides is 2. The summed E-state index contributed by atoms with van der Waals surface area (Å²) < 4.78 is 39.4. The van der Waals surface area contributed by atoms with Gasteiger partial charge >= 0.3 is 6.18 Å². The largest absolute Gasteiger partial charge is 0.416 e. The van der Waals surface area contributed by atoms with Crippen LogP contribution in [-0.4, -0.2) is 41.1 Å². The van der Waals surface area contributed by atoms with Crippen molar-refractivity contribution in [2.75, 3.05) is 28.6 Å². The van der Waals surface area contributed by atoms with E-state index in [2.05, 4.69) is 15.5 Å². The first-order valence-electron chi connectivity index (χ1n) is 12.9. The summed E-state index contributed by atoms with van der Waals surface area (Å²) >= 11 is 1.48. The van der Waals surface area contributed by atoms with E-state index in [-0.39, 0.29) is 6.42 Å². The van der Waals surface area contributed by atoms with Crippen LogP contribution in [0.25, 0.3) is 5.57 Å². The molecule has 3 N–H and O–H groups in total. The van der Waals surface area contributed by atoms with Crippen LogP contribution in [0.1, 0.15) is 41.6 Å². The molecule has 0 radical (unpaired) electrons. The van der Waals surface area contributed by atoms with Crippen LogP contribution in [-0.2, 0) is 22.2 Å². The van der Waals surface area contributed by atoms with Crippen molar-refractivity contribution in [3.05, 3.63) is 88.5 Å². The second-order valence-electron chi connectivity index (χ2n) is 9.61. The monoisotopic (exact) mass is 568 g/mol. The molecule has 2 aliphatic heterocycles. The molecule has 0 saturated carbocycles. The normalized spacial score (nSPS) is 18.0. The number of fused-ring (bicyclic) bond motifs is 1. The summed E-state index contributed by atoms with van der Waals surface area (Å²) in [5.41, 5.74) is 2.58. The Labute approximate surface area is 233 Å². The third kappa shape index (κ3) is 6.26. The molecule has 1 fully saturated rings. The Balaban J connectivity index is 1.39. The van der Waals surface area contributed by atoms with E-state index >= 15 is 0 Å². The van der Waals surface area contributed by atoms with Gasteiger partial charge in [-0.15, -0.1) is 11.3 Å². The van der Waals surface area contributed by atoms with Gasteiger partial charge in [-0.2, -0.15) is 13.2 Å². The van der Waals surface area contributed by atoms with Gasteiger partial charge in [0.15, 0.2) is 5.13 Å². The lowest BCUT2D eigenvalue weighted by Crippen LogP contribution is -2.34. The molecule has 2 aromatic carbocycles. The Morgan fingerprint density at radius 2 is 1.88 bits per heavy atom. The zero-order chi connectivity index (χ0) is 28.3. The van der Waals surface area contributed by atoms with Crippen molar-refractivity contribution >= 4 is 45.2 Å². The van der Waals surface area contributed by atoms with Crippen molar-refractivity contribution in [2.24, 2.45) is 0 Å². The number of piperidine rings is 1. The Bertz CT molecular complexity index is 1460. The van der Waals surface area contributed by atoms with E-state index < -0.39 is 29.7 Å². The number of allylic oxidation sites excluding steroid dienone is 2. The van der Waals surface area contributed by atoms with Crippen LogP contribution >= 0.6 is 11.3 Å². The third-order valence-corrected chi connectivity index (χ3v) is 7.72. The molecule has 1 unspecified atom stereocenters. The zero-order valence-electron chi connectivity index (χ0n) is 21.4. The minimum Gasteiger partial charge on any atom is -0.383 e. The first kappa shape index (κ1) is 27.6. The average Bonchev–Trinajstić information content (AvgIpc) is 3.42. The maximum Gasteiger partial charge on any atom is 0.416 e. The molecule has 1 aromatic heterocycles. The molecule has 1 atom stereocenters. The van der Waals surface area contributed by atoms with Crippen molar-refractivity contribution in [1.29, 1.82) is 0 Å². The van der Waals surface area contributed by atoms with Gasteiger partial charge in [-0.1, -0.05) is 30.4 Å². The zero-order valence-corrected chi connectivity index (χ0v) is 22.2. The van der Waals surface area contributed by atoms with Gasteiger partial charge in [0.2, 0.25) is 5.91 Å². The fraction of sp³-hybridized carbons (Fsp3) is 0.276. The molecule has 0 spiro atoms. The highest BCUT2D eigenvalue weighted by atomic mass is 32.1. The average molecular weight is 569 g/mol. The maximum atomic E-state index is 13.1. The lowest BCUT2D eigenvalue weighted by molar-refractivity contribution is -0.137. The van der Waals surface area contributed by atoms with Gasteiger partial charge in [0.25, 0.3) is 5.91 Å². The van der Waals surface area contributed by atoms with E-state index in [1.165, 1.54) is 42.0 Å². The minimum absolute atomic E-state index is 0.0719. The first-order valence-corrected chi connectivity index (χ1v) is 13.8. The second kappa shape index (κ2) is 11.6. The molecule has 5 rings (SSSR count). The summed E-state index contributed by atoms with van der Waals surface area (Å²) in [6, 6.07) is 9.91. The van der Waals surface area contributed by atoms with Crippen LogP contribution in [0.5, 0.6) is 0 Å². The Hall–Kier alpha value is -3.96. The summed E-state index contributed by atoms with van der Waals surface area (Å²) in [6.45, 7) is 1.83. The summed E-state index contributed by atoms with van der Waals surface area (Å²) in [6.07, 6.45) is 2.26. The number of nitrogens with zero attached hydrogens (tertiary/aromatic N) is 2. The minimum atomic E-state index is -4.45. The lowest BCUT2D eigenvalue weighted by atomic mass is 9.99. The molecular formula is C29H27F3N4O3S. The van der Waals surface area contributed by atoms with Gasteiger partial charge in [0.05, 0.1) is 11.3 Å². The number of halogens is 3. The molecule has 3 aromatic rings. The second-order valence-corrected chi connectivity index (χ2v) is 10.4. The van der Waals surface area contributed by atoms with Crippen LogP contribution in [0.3, 0.4) is 0 Å². The number of aliphatic hydroxyl groups excluding tert-OH is 1. The van der Waals surface area contributed by atoms with E-state index in [1.54, 1.807) is 24.3 Å². The number of alkyl halides is 3. The predicted molar refractivity (Wildman–Crippen MR) is 149 cm³/mol. The SMILES string of the molecule is O=C(C=CC=C(c1ccc(C(F)(F)F)cc1)c1csc(N2CCCCC2)n1)Nc1cccc2c1CC(O)C(=O)N2. The number of carbonyl (C=O) groups is 2. The molecule has 208 valence electrons. The van der Waals surface area contributed by atoms with Gasteiger partial charge in [0.1, 0.15) is 6.10 Å². The predicted octanol–water partition coefficient (Wildman–Crippen LogP) is 5.63. The van der Waals surface area contributed by atoms with E-state index in [4.69, 9.17) is 4.98 Å². The molecule has 40 heavy (non-hydrogen) atoms. The topological polar surface area (TPSA) is 94.6 Å². The number of aromatic nitrogens is 1. The number of carbonyl (C=O) groups excluding carboxylic acids is 2. The molecule has 2 aliphatic rings. The van der Waals surface area contributed by atoms with Gasteiger partial charge in [0, 0.05) is 53.5 Å². The van der Waals surface area contributed by atoms with Gasteiger partial charge in [-0.05, 0) is 49.1 Å². The highest BCUT2D eigenvalue weighted by Gasteiger charge is 2.30. The fourth-order valence-electron chi connectivity index (χ4n) is 4.74. The highest BCUT2D eigenvalue weighted by molar-refractivity contribution is 7.13. The van der Waals surface area contributed by atoms with Gasteiger partial charge < -0.3 is 20.6 Å². The number of hydrogen-bond acceptors (Lipinski definition) is 6. The maximum absolute atomic E-state index is 13.1. The first-order chi connectivity index (χ1) is 19.2. The molecule has 1 saturated heterocycles. The van der Waals surface area contributed by atoms with Crippen LogP contribution in [0.15, 0.2) is 66.1 Å². The van der Waals surface area contributed by atoms with E-state index in [0.29, 0.717) is 33.8 Å². The molecule has 3 heterocycles. The Morgan fingerprint density at radius 1 is 1.12 bits per heavy atom. The van der Waals surface area contributed by atoms with E-state index in [1.807, 2.05) is 5.38 Å². The molecule has 0 aliphatic carbocycles. The summed E-state index contributed by atoms with van der Waals surface area (Å²) in [5, 5.41) is 18.0. The van der Waals surface area contributed by atoms with Crippen LogP contribution in [0.2, 0.25) is 0 Å². The van der Waals surface area contributed by atoms with Crippen molar-refractivity contribution in [1.82, 2.24) is 4.98 Å². The molecule has 0 bridgehead atoms. The smallest absolute Gasteiger partial charge is 0.383 e. The van der Waals surface area contributed by atoms with Gasteiger partial charge in [-0.3, -0.25) is 9.59 Å².